The van der Waals surface area contributed by atoms with Gasteiger partial charge in [0.15, 0.2) is 5.82 Å². The number of anilines is 2. The van der Waals surface area contributed by atoms with Crippen LogP contribution in [0.1, 0.15) is 11.1 Å². The fourth-order valence-electron chi connectivity index (χ4n) is 4.19. The fraction of sp³-hybridized carbons (Fsp3) is 0.0714. The van der Waals surface area contributed by atoms with Crippen LogP contribution in [-0.2, 0) is 10.0 Å². The van der Waals surface area contributed by atoms with Crippen LogP contribution in [-0.4, -0.2) is 30.5 Å². The van der Waals surface area contributed by atoms with E-state index in [-0.39, 0.29) is 22.2 Å². The van der Waals surface area contributed by atoms with Gasteiger partial charge < -0.3 is 4.74 Å². The standard InChI is InChI=1S/C28H21N5O3S/c1-19-5-3-4-6-24(19)25-15-27(36-2)26(14-22(25)16-29)33(28-10-12-31-18-32-28)37(34,35)23-8-7-21-17-30-11-9-20(21)13-23/h3-15,17-18H,1-2H3. The number of sulfonamides is 1. The van der Waals surface area contributed by atoms with Crippen LogP contribution in [0.5, 0.6) is 5.75 Å². The van der Waals surface area contributed by atoms with Gasteiger partial charge >= 0.3 is 0 Å². The second kappa shape index (κ2) is 9.68. The van der Waals surface area contributed by atoms with E-state index in [0.717, 1.165) is 26.2 Å². The van der Waals surface area contributed by atoms with Crippen molar-refractivity contribution in [3.05, 3.63) is 103 Å². The average Bonchev–Trinajstić information content (AvgIpc) is 2.93. The number of rotatable bonds is 6. The molecule has 5 rings (SSSR count). The zero-order chi connectivity index (χ0) is 26.0. The van der Waals surface area contributed by atoms with E-state index in [1.54, 1.807) is 36.7 Å². The molecule has 0 bridgehead atoms. The molecule has 0 aliphatic carbocycles. The molecule has 0 spiro atoms. The van der Waals surface area contributed by atoms with Crippen molar-refractivity contribution < 1.29 is 13.2 Å². The van der Waals surface area contributed by atoms with Gasteiger partial charge in [0.25, 0.3) is 10.0 Å². The van der Waals surface area contributed by atoms with E-state index < -0.39 is 10.0 Å². The number of nitriles is 1. The molecule has 2 aromatic heterocycles. The molecule has 8 nitrogen and oxygen atoms in total. The highest BCUT2D eigenvalue weighted by Gasteiger charge is 2.31. The van der Waals surface area contributed by atoms with E-state index in [1.807, 2.05) is 31.2 Å². The minimum absolute atomic E-state index is 0.0494. The third kappa shape index (κ3) is 4.35. The Labute approximate surface area is 214 Å². The van der Waals surface area contributed by atoms with Gasteiger partial charge in [0, 0.05) is 35.6 Å². The van der Waals surface area contributed by atoms with E-state index in [0.29, 0.717) is 11.1 Å². The van der Waals surface area contributed by atoms with Crippen molar-refractivity contribution in [2.75, 3.05) is 11.4 Å². The predicted octanol–water partition coefficient (Wildman–Crippen LogP) is 5.41. The summed E-state index contributed by atoms with van der Waals surface area (Å²) < 4.78 is 35.1. The van der Waals surface area contributed by atoms with Gasteiger partial charge in [-0.05, 0) is 53.8 Å². The summed E-state index contributed by atoms with van der Waals surface area (Å²) in [5, 5.41) is 11.6. The molecule has 182 valence electrons. The molecule has 0 radical (unpaired) electrons. The quantitative estimate of drug-likeness (QED) is 0.302. The van der Waals surface area contributed by atoms with Crippen LogP contribution < -0.4 is 9.04 Å². The summed E-state index contributed by atoms with van der Waals surface area (Å²) in [5.74, 6) is 0.375. The highest BCUT2D eigenvalue weighted by molar-refractivity contribution is 7.93. The Hall–Kier alpha value is -4.81. The average molecular weight is 508 g/mol. The third-order valence-corrected chi connectivity index (χ3v) is 7.73. The molecule has 0 unspecified atom stereocenters. The maximum atomic E-state index is 14.2. The molecule has 0 N–H and O–H groups in total. The Balaban J connectivity index is 1.76. The summed E-state index contributed by atoms with van der Waals surface area (Å²) >= 11 is 0. The Bertz CT molecular complexity index is 1770. The first kappa shape index (κ1) is 23.9. The second-order valence-electron chi connectivity index (χ2n) is 8.22. The molecule has 0 saturated heterocycles. The molecule has 37 heavy (non-hydrogen) atoms. The second-order valence-corrected chi connectivity index (χ2v) is 10.0. The van der Waals surface area contributed by atoms with Crippen LogP contribution in [0, 0.1) is 18.3 Å². The molecule has 9 heteroatoms. The number of hydrogen-bond donors (Lipinski definition) is 0. The lowest BCUT2D eigenvalue weighted by molar-refractivity contribution is 0.416. The van der Waals surface area contributed by atoms with Crippen molar-refractivity contribution in [1.82, 2.24) is 15.0 Å². The number of pyridine rings is 1. The van der Waals surface area contributed by atoms with Crippen LogP contribution in [0.25, 0.3) is 21.9 Å². The van der Waals surface area contributed by atoms with Gasteiger partial charge in [-0.3, -0.25) is 4.98 Å². The molecule has 0 amide bonds. The predicted molar refractivity (Wildman–Crippen MR) is 141 cm³/mol. The van der Waals surface area contributed by atoms with Crippen molar-refractivity contribution in [3.8, 4) is 22.9 Å². The zero-order valence-electron chi connectivity index (χ0n) is 20.0. The van der Waals surface area contributed by atoms with E-state index in [9.17, 15) is 13.7 Å². The SMILES string of the molecule is COc1cc(-c2ccccc2C)c(C#N)cc1N(c1ccncn1)S(=O)(=O)c1ccc2cnccc2c1. The molecular weight excluding hydrogens is 486 g/mol. The van der Waals surface area contributed by atoms with Crippen LogP contribution >= 0.6 is 0 Å². The Morgan fingerprint density at radius 2 is 1.73 bits per heavy atom. The van der Waals surface area contributed by atoms with E-state index >= 15 is 0 Å². The summed E-state index contributed by atoms with van der Waals surface area (Å²) in [6.07, 6.45) is 5.99. The number of aryl methyl sites for hydroxylation is 1. The first-order valence-corrected chi connectivity index (χ1v) is 12.7. The summed E-state index contributed by atoms with van der Waals surface area (Å²) in [4.78, 5) is 12.3. The number of nitrogens with zero attached hydrogens (tertiary/aromatic N) is 5. The molecule has 2 heterocycles. The monoisotopic (exact) mass is 507 g/mol. The molecular formula is C28H21N5O3S. The highest BCUT2D eigenvalue weighted by atomic mass is 32.2. The maximum Gasteiger partial charge on any atom is 0.270 e. The van der Waals surface area contributed by atoms with Crippen LogP contribution in [0.2, 0.25) is 0 Å². The first-order chi connectivity index (χ1) is 17.9. The number of fused-ring (bicyclic) bond motifs is 1. The fourth-order valence-corrected chi connectivity index (χ4v) is 5.67. The summed E-state index contributed by atoms with van der Waals surface area (Å²) in [5.41, 5.74) is 2.91. The van der Waals surface area contributed by atoms with Gasteiger partial charge in [-0.15, -0.1) is 0 Å². The molecule has 3 aromatic carbocycles. The lowest BCUT2D eigenvalue weighted by Gasteiger charge is -2.26. The minimum Gasteiger partial charge on any atom is -0.495 e. The first-order valence-electron chi connectivity index (χ1n) is 11.3. The number of ether oxygens (including phenoxy) is 1. The molecule has 0 aliphatic rings. The number of aromatic nitrogens is 3. The number of methoxy groups -OCH3 is 1. The van der Waals surface area contributed by atoms with Gasteiger partial charge in [-0.2, -0.15) is 5.26 Å². The molecule has 5 aromatic rings. The topological polar surface area (TPSA) is 109 Å². The van der Waals surface area contributed by atoms with Crippen LogP contribution in [0.15, 0.2) is 96.5 Å². The Morgan fingerprint density at radius 1 is 0.919 bits per heavy atom. The van der Waals surface area contributed by atoms with Gasteiger partial charge in [0.2, 0.25) is 0 Å². The molecule has 0 fully saturated rings. The molecule has 0 atom stereocenters. The van der Waals surface area contributed by atoms with Gasteiger partial charge in [0.1, 0.15) is 17.8 Å². The van der Waals surface area contributed by atoms with Crippen molar-refractivity contribution in [2.45, 2.75) is 11.8 Å². The van der Waals surface area contributed by atoms with Crippen molar-refractivity contribution >= 4 is 32.3 Å². The lowest BCUT2D eigenvalue weighted by Crippen LogP contribution is -2.27. The van der Waals surface area contributed by atoms with Gasteiger partial charge in [-0.25, -0.2) is 22.7 Å². The molecule has 0 saturated carbocycles. The summed E-state index contributed by atoms with van der Waals surface area (Å²) in [7, 11) is -2.75. The minimum atomic E-state index is -4.21. The van der Waals surface area contributed by atoms with Crippen LogP contribution in [0.4, 0.5) is 11.5 Å². The van der Waals surface area contributed by atoms with Gasteiger partial charge in [-0.1, -0.05) is 30.3 Å². The largest absolute Gasteiger partial charge is 0.495 e. The van der Waals surface area contributed by atoms with Crippen molar-refractivity contribution in [3.63, 3.8) is 0 Å². The summed E-state index contributed by atoms with van der Waals surface area (Å²) in [6.45, 7) is 1.95. The number of hydrogen-bond acceptors (Lipinski definition) is 7. The smallest absolute Gasteiger partial charge is 0.270 e. The number of benzene rings is 3. The molecule has 0 aliphatic heterocycles. The third-order valence-electron chi connectivity index (χ3n) is 6.02. The Morgan fingerprint density at radius 3 is 2.46 bits per heavy atom. The van der Waals surface area contributed by atoms with E-state index in [2.05, 4.69) is 21.0 Å². The van der Waals surface area contributed by atoms with Crippen LogP contribution in [0.3, 0.4) is 0 Å². The van der Waals surface area contributed by atoms with E-state index in [1.165, 1.54) is 37.8 Å². The summed E-state index contributed by atoms with van der Waals surface area (Å²) in [6, 6.07) is 21.1. The maximum absolute atomic E-state index is 14.2. The lowest BCUT2D eigenvalue weighted by atomic mass is 9.95. The van der Waals surface area contributed by atoms with Gasteiger partial charge in [0.05, 0.1) is 23.6 Å². The highest BCUT2D eigenvalue weighted by Crippen LogP contribution is 2.42. The van der Waals surface area contributed by atoms with E-state index in [4.69, 9.17) is 4.74 Å². The Kier molecular flexibility index (Phi) is 6.26. The van der Waals surface area contributed by atoms with Crippen molar-refractivity contribution in [1.29, 1.82) is 5.26 Å². The normalized spacial score (nSPS) is 11.2. The zero-order valence-corrected chi connectivity index (χ0v) is 20.8. The van der Waals surface area contributed by atoms with Crippen molar-refractivity contribution in [2.24, 2.45) is 0 Å².